The highest BCUT2D eigenvalue weighted by molar-refractivity contribution is 6.07. The Morgan fingerprint density at radius 3 is 1.72 bits per heavy atom. The number of hydrogen-bond donors (Lipinski definition) is 2. The SMILES string of the molecule is CC(=O)NCCOCCOCCOCCOCCOCCOCCOCCN.CN(C)c1ccc2c(-c3ccccc3C(=O)[O-])c3ccc(=[N+](C)C)cc-3oc2c1. The van der Waals surface area contributed by atoms with Gasteiger partial charge in [-0.15, -0.1) is 0 Å². The second-order valence-corrected chi connectivity index (χ2v) is 13.0. The molecule has 1 aliphatic carbocycles. The normalized spacial score (nSPS) is 11.1. The zero-order chi connectivity index (χ0) is 41.3. The molecular weight excluding hydrogens is 736 g/mol. The van der Waals surface area contributed by atoms with Crippen LogP contribution in [-0.4, -0.2) is 146 Å². The Morgan fingerprint density at radius 1 is 0.702 bits per heavy atom. The lowest BCUT2D eigenvalue weighted by Gasteiger charge is -2.19. The molecule has 0 fully saturated rings. The van der Waals surface area contributed by atoms with Crippen molar-refractivity contribution in [1.29, 1.82) is 0 Å². The Morgan fingerprint density at radius 2 is 1.23 bits per heavy atom. The minimum Gasteiger partial charge on any atom is -0.545 e. The predicted octanol–water partition coefficient (Wildman–Crippen LogP) is 1.86. The van der Waals surface area contributed by atoms with Crippen LogP contribution in [-0.2, 0) is 38.0 Å². The van der Waals surface area contributed by atoms with Crippen molar-refractivity contribution in [3.8, 4) is 22.5 Å². The minimum atomic E-state index is -1.20. The van der Waals surface area contributed by atoms with Crippen LogP contribution in [0.5, 0.6) is 0 Å². The summed E-state index contributed by atoms with van der Waals surface area (Å²) in [6, 6.07) is 18.9. The molecule has 0 spiro atoms. The molecule has 0 aromatic heterocycles. The summed E-state index contributed by atoms with van der Waals surface area (Å²) in [5.41, 5.74) is 9.47. The van der Waals surface area contributed by atoms with Gasteiger partial charge in [0.1, 0.15) is 25.4 Å². The van der Waals surface area contributed by atoms with Gasteiger partial charge in [0.15, 0.2) is 0 Å². The second kappa shape index (κ2) is 27.2. The maximum absolute atomic E-state index is 11.8. The second-order valence-electron chi connectivity index (χ2n) is 13.0. The molecule has 15 nitrogen and oxygen atoms in total. The third kappa shape index (κ3) is 17.3. The maximum atomic E-state index is 11.8. The van der Waals surface area contributed by atoms with Crippen LogP contribution in [0.4, 0.5) is 5.69 Å². The van der Waals surface area contributed by atoms with E-state index in [2.05, 4.69) is 5.32 Å². The first-order chi connectivity index (χ1) is 27.6. The van der Waals surface area contributed by atoms with Crippen molar-refractivity contribution < 1.29 is 52.3 Å². The Hall–Kier alpha value is -4.45. The molecule has 3 N–H and O–H groups in total. The molecule has 15 heteroatoms. The summed E-state index contributed by atoms with van der Waals surface area (Å²) in [7, 11) is 7.88. The number of carboxylic acid groups (broad SMARTS) is 1. The van der Waals surface area contributed by atoms with E-state index in [1.807, 2.05) is 86.2 Å². The van der Waals surface area contributed by atoms with E-state index in [9.17, 15) is 14.7 Å². The lowest BCUT2D eigenvalue weighted by Crippen LogP contribution is -2.25. The number of anilines is 1. The molecule has 314 valence electrons. The monoisotopic (exact) mass is 796 g/mol. The van der Waals surface area contributed by atoms with E-state index in [0.29, 0.717) is 122 Å². The molecule has 2 aromatic carbocycles. The molecule has 1 aliphatic heterocycles. The van der Waals surface area contributed by atoms with Gasteiger partial charge in [0.05, 0.1) is 105 Å². The highest BCUT2D eigenvalue weighted by atomic mass is 16.6. The van der Waals surface area contributed by atoms with Crippen LogP contribution in [0, 0.1) is 0 Å². The minimum absolute atomic E-state index is 0.0562. The zero-order valence-electron chi connectivity index (χ0n) is 34.0. The first-order valence-corrected chi connectivity index (χ1v) is 19.1. The van der Waals surface area contributed by atoms with Crippen molar-refractivity contribution in [1.82, 2.24) is 9.89 Å². The number of benzene rings is 3. The van der Waals surface area contributed by atoms with Crippen LogP contribution in [0.25, 0.3) is 33.4 Å². The summed E-state index contributed by atoms with van der Waals surface area (Å²) in [6.45, 7) is 9.84. The Kier molecular flexibility index (Phi) is 22.4. The van der Waals surface area contributed by atoms with Crippen LogP contribution in [0.3, 0.4) is 0 Å². The standard InChI is InChI=1S/C24H22N2O3.C18H38N2O8/c1-25(2)15-9-11-19-21(13-15)29-22-14-16(26(3)4)10-12-20(22)23(19)17-7-5-6-8-18(17)24(27)28;1-18(21)20-3-5-23-7-9-25-11-13-27-15-17-28-16-14-26-12-10-24-8-6-22-4-2-19/h5-14H,1-4H3;2-17,19H2,1H3,(H,20,21). The van der Waals surface area contributed by atoms with Crippen LogP contribution in [0.2, 0.25) is 0 Å². The summed E-state index contributed by atoms with van der Waals surface area (Å²) in [5.74, 6) is -0.556. The van der Waals surface area contributed by atoms with Crippen molar-refractivity contribution in [2.75, 3.05) is 139 Å². The summed E-state index contributed by atoms with van der Waals surface area (Å²) < 4.78 is 45.6. The third-order valence-electron chi connectivity index (χ3n) is 8.25. The molecule has 0 atom stereocenters. The van der Waals surface area contributed by atoms with E-state index in [1.54, 1.807) is 12.1 Å². The van der Waals surface area contributed by atoms with Gasteiger partial charge in [-0.2, -0.15) is 0 Å². The number of nitrogens with one attached hydrogen (secondary N) is 1. The van der Waals surface area contributed by atoms with Crippen molar-refractivity contribution in [3.63, 3.8) is 0 Å². The number of carbonyl (C=O) groups is 2. The molecule has 0 unspecified atom stereocenters. The van der Waals surface area contributed by atoms with E-state index in [4.69, 9.17) is 43.3 Å². The number of carbonyl (C=O) groups excluding carboxylic acids is 2. The van der Waals surface area contributed by atoms with Gasteiger partial charge in [0.25, 0.3) is 0 Å². The average Bonchev–Trinajstić information content (AvgIpc) is 3.19. The van der Waals surface area contributed by atoms with Gasteiger partial charge in [-0.25, -0.2) is 4.58 Å². The smallest absolute Gasteiger partial charge is 0.216 e. The molecule has 1 amide bonds. The van der Waals surface area contributed by atoms with Crippen molar-refractivity contribution in [2.24, 2.45) is 5.73 Å². The number of carboxylic acids is 1. The lowest BCUT2D eigenvalue weighted by atomic mass is 9.90. The molecule has 0 saturated carbocycles. The Balaban J connectivity index is 0.000000306. The number of aromatic carboxylic acids is 1. The van der Waals surface area contributed by atoms with Gasteiger partial charge in [-0.3, -0.25) is 4.79 Å². The first-order valence-electron chi connectivity index (χ1n) is 19.1. The Bertz CT molecular complexity index is 1810. The van der Waals surface area contributed by atoms with E-state index in [0.717, 1.165) is 27.6 Å². The molecule has 0 bridgehead atoms. The van der Waals surface area contributed by atoms with Gasteiger partial charge in [0, 0.05) is 74.0 Å². The molecule has 57 heavy (non-hydrogen) atoms. The fourth-order valence-corrected chi connectivity index (χ4v) is 5.40. The molecule has 1 heterocycles. The fourth-order valence-electron chi connectivity index (χ4n) is 5.40. The quantitative estimate of drug-likeness (QED) is 0.0535. The lowest BCUT2D eigenvalue weighted by molar-refractivity contribution is -0.254. The Labute approximate surface area is 335 Å². The van der Waals surface area contributed by atoms with Gasteiger partial charge in [-0.1, -0.05) is 24.3 Å². The van der Waals surface area contributed by atoms with Crippen LogP contribution >= 0.6 is 0 Å². The molecule has 0 radical (unpaired) electrons. The van der Waals surface area contributed by atoms with E-state index < -0.39 is 5.97 Å². The van der Waals surface area contributed by atoms with Crippen molar-refractivity contribution in [2.45, 2.75) is 6.92 Å². The van der Waals surface area contributed by atoms with Crippen LogP contribution in [0.1, 0.15) is 17.3 Å². The van der Waals surface area contributed by atoms with Gasteiger partial charge < -0.3 is 63.4 Å². The zero-order valence-corrected chi connectivity index (χ0v) is 34.0. The van der Waals surface area contributed by atoms with Crippen LogP contribution < -0.4 is 31.0 Å². The van der Waals surface area contributed by atoms with Crippen molar-refractivity contribution in [3.05, 3.63) is 71.6 Å². The number of ether oxygens (including phenoxy) is 7. The first kappa shape index (κ1) is 46.9. The molecular formula is C42H60N4O11. The molecule has 0 saturated heterocycles. The van der Waals surface area contributed by atoms with Gasteiger partial charge in [-0.05, 0) is 23.8 Å². The topological polar surface area (TPSA) is 179 Å². The highest BCUT2D eigenvalue weighted by Gasteiger charge is 2.20. The van der Waals surface area contributed by atoms with E-state index in [-0.39, 0.29) is 11.5 Å². The summed E-state index contributed by atoms with van der Waals surface area (Å²) >= 11 is 0. The van der Waals surface area contributed by atoms with Gasteiger partial charge >= 0.3 is 0 Å². The number of hydrogen-bond acceptors (Lipinski definition) is 13. The van der Waals surface area contributed by atoms with Gasteiger partial charge in [0.2, 0.25) is 11.3 Å². The fraction of sp³-hybridized carbons (Fsp3) is 0.500. The summed E-state index contributed by atoms with van der Waals surface area (Å²) in [5, 5.41) is 16.3. The predicted molar refractivity (Wildman–Crippen MR) is 218 cm³/mol. The largest absolute Gasteiger partial charge is 0.545 e. The van der Waals surface area contributed by atoms with E-state index >= 15 is 0 Å². The number of nitrogens with zero attached hydrogens (tertiary/aromatic N) is 2. The number of amides is 1. The average molecular weight is 797 g/mol. The molecule has 2 aromatic rings. The van der Waals surface area contributed by atoms with E-state index in [1.165, 1.54) is 6.92 Å². The molecule has 4 rings (SSSR count). The van der Waals surface area contributed by atoms with Crippen LogP contribution in [0.15, 0.2) is 65.1 Å². The highest BCUT2D eigenvalue weighted by Crippen LogP contribution is 2.41. The number of nitrogens with two attached hydrogens (primary N) is 1. The number of fused-ring (bicyclic) bond motifs is 2. The summed E-state index contributed by atoms with van der Waals surface area (Å²) in [6.07, 6.45) is 0. The summed E-state index contributed by atoms with van der Waals surface area (Å²) in [4.78, 5) is 24.4. The molecule has 2 aliphatic rings. The third-order valence-corrected chi connectivity index (χ3v) is 8.25. The maximum Gasteiger partial charge on any atom is 0.216 e. The van der Waals surface area contributed by atoms with Crippen molar-refractivity contribution >= 4 is 28.5 Å². The number of rotatable bonds is 26.